The largest absolute Gasteiger partial charge is 0.374 e. The second kappa shape index (κ2) is 3.69. The van der Waals surface area contributed by atoms with Gasteiger partial charge in [0, 0.05) is 13.7 Å². The summed E-state index contributed by atoms with van der Waals surface area (Å²) >= 11 is 0. The summed E-state index contributed by atoms with van der Waals surface area (Å²) in [6, 6.07) is 8.15. The van der Waals surface area contributed by atoms with Crippen LogP contribution in [0.5, 0.6) is 0 Å². The van der Waals surface area contributed by atoms with E-state index in [2.05, 4.69) is 17.6 Å². The minimum atomic E-state index is -0.0362. The zero-order valence-electron chi connectivity index (χ0n) is 8.29. The summed E-state index contributed by atoms with van der Waals surface area (Å²) < 4.78 is 5.49. The normalized spacial score (nSPS) is 18.1. The Hall–Kier alpha value is -0.900. The van der Waals surface area contributed by atoms with E-state index in [-0.39, 0.29) is 5.60 Å². The van der Waals surface area contributed by atoms with Gasteiger partial charge in [-0.05, 0) is 24.0 Å². The highest BCUT2D eigenvalue weighted by atomic mass is 16.5. The van der Waals surface area contributed by atoms with E-state index in [0.717, 1.165) is 18.4 Å². The number of methoxy groups -OCH3 is 1. The number of hydroxylamine groups is 1. The van der Waals surface area contributed by atoms with Crippen LogP contribution in [-0.2, 0) is 16.9 Å². The number of rotatable bonds is 4. The molecule has 1 fully saturated rings. The smallest absolute Gasteiger partial charge is 0.0930 e. The van der Waals surface area contributed by atoms with Crippen molar-refractivity contribution in [1.29, 1.82) is 0 Å². The lowest BCUT2D eigenvalue weighted by molar-refractivity contribution is 0.0787. The lowest BCUT2D eigenvalue weighted by Gasteiger charge is -2.14. The number of hydrogen-bond acceptors (Lipinski definition) is 3. The molecule has 0 unspecified atom stereocenters. The molecule has 2 rings (SSSR count). The lowest BCUT2D eigenvalue weighted by atomic mass is 10.0. The minimum Gasteiger partial charge on any atom is -0.374 e. The monoisotopic (exact) mass is 193 g/mol. The van der Waals surface area contributed by atoms with Gasteiger partial charge in [-0.3, -0.25) is 0 Å². The van der Waals surface area contributed by atoms with Crippen LogP contribution in [0.25, 0.3) is 0 Å². The van der Waals surface area contributed by atoms with E-state index in [9.17, 15) is 0 Å². The Morgan fingerprint density at radius 3 is 2.86 bits per heavy atom. The van der Waals surface area contributed by atoms with Gasteiger partial charge in [-0.25, -0.2) is 5.48 Å². The lowest BCUT2D eigenvalue weighted by Crippen LogP contribution is -2.11. The van der Waals surface area contributed by atoms with Crippen molar-refractivity contribution >= 4 is 0 Å². The van der Waals surface area contributed by atoms with Gasteiger partial charge in [0.2, 0.25) is 0 Å². The molecule has 1 aliphatic rings. The van der Waals surface area contributed by atoms with Gasteiger partial charge in [0.25, 0.3) is 0 Å². The van der Waals surface area contributed by atoms with Gasteiger partial charge in [-0.15, -0.1) is 0 Å². The molecule has 0 heterocycles. The van der Waals surface area contributed by atoms with E-state index in [1.54, 1.807) is 7.11 Å². The molecule has 0 radical (unpaired) electrons. The van der Waals surface area contributed by atoms with Crippen molar-refractivity contribution in [2.75, 3.05) is 7.11 Å². The minimum absolute atomic E-state index is 0.0362. The highest BCUT2D eigenvalue weighted by Crippen LogP contribution is 2.48. The summed E-state index contributed by atoms with van der Waals surface area (Å²) in [5.74, 6) is 0. The fraction of sp³-hybridized carbons (Fsp3) is 0.455. The molecule has 0 aromatic heterocycles. The van der Waals surface area contributed by atoms with E-state index in [1.807, 2.05) is 12.1 Å². The average molecular weight is 193 g/mol. The van der Waals surface area contributed by atoms with Crippen LogP contribution < -0.4 is 5.48 Å². The Morgan fingerprint density at radius 2 is 2.29 bits per heavy atom. The van der Waals surface area contributed by atoms with Crippen molar-refractivity contribution in [1.82, 2.24) is 5.48 Å². The maximum absolute atomic E-state index is 8.60. The van der Waals surface area contributed by atoms with Crippen LogP contribution in [0.3, 0.4) is 0 Å². The van der Waals surface area contributed by atoms with Crippen LogP contribution in [0, 0.1) is 0 Å². The Kier molecular flexibility index (Phi) is 2.54. The highest BCUT2D eigenvalue weighted by molar-refractivity contribution is 5.32. The van der Waals surface area contributed by atoms with E-state index >= 15 is 0 Å². The Bertz CT molecular complexity index is 321. The van der Waals surface area contributed by atoms with Crippen molar-refractivity contribution in [2.24, 2.45) is 0 Å². The summed E-state index contributed by atoms with van der Waals surface area (Å²) in [4.78, 5) is 0. The predicted octanol–water partition coefficient (Wildman–Crippen LogP) is 1.80. The molecule has 76 valence electrons. The maximum Gasteiger partial charge on any atom is 0.0930 e. The molecule has 0 saturated heterocycles. The molecular formula is C11H15NO2. The molecule has 1 saturated carbocycles. The first-order chi connectivity index (χ1) is 6.80. The first-order valence-electron chi connectivity index (χ1n) is 4.82. The van der Waals surface area contributed by atoms with Gasteiger partial charge in [0.1, 0.15) is 0 Å². The van der Waals surface area contributed by atoms with Gasteiger partial charge in [-0.1, -0.05) is 24.3 Å². The molecule has 0 bridgehead atoms. The van der Waals surface area contributed by atoms with Crippen molar-refractivity contribution in [3.63, 3.8) is 0 Å². The molecule has 0 amide bonds. The summed E-state index contributed by atoms with van der Waals surface area (Å²) in [7, 11) is 1.75. The third-order valence-corrected chi connectivity index (χ3v) is 2.83. The summed E-state index contributed by atoms with van der Waals surface area (Å²) in [5, 5.41) is 8.60. The standard InChI is InChI=1S/C11H15NO2/c1-14-11(5-6-11)10-4-2-3-9(7-10)8-12-13/h2-4,7,12-13H,5-6,8H2,1H3. The number of nitrogens with one attached hydrogen (secondary N) is 1. The first kappa shape index (κ1) is 9.65. The molecule has 14 heavy (non-hydrogen) atoms. The topological polar surface area (TPSA) is 41.5 Å². The van der Waals surface area contributed by atoms with E-state index in [4.69, 9.17) is 9.94 Å². The Labute approximate surface area is 83.7 Å². The van der Waals surface area contributed by atoms with Crippen LogP contribution in [0.1, 0.15) is 24.0 Å². The quantitative estimate of drug-likeness (QED) is 0.716. The molecule has 1 aliphatic carbocycles. The predicted molar refractivity (Wildman–Crippen MR) is 53.0 cm³/mol. The average Bonchev–Trinajstić information content (AvgIpc) is 2.99. The van der Waals surface area contributed by atoms with Crippen LogP contribution in [0.15, 0.2) is 24.3 Å². The number of hydrogen-bond donors (Lipinski definition) is 2. The summed E-state index contributed by atoms with van der Waals surface area (Å²) in [5.41, 5.74) is 4.42. The number of benzene rings is 1. The molecule has 3 heteroatoms. The number of ether oxygens (including phenoxy) is 1. The van der Waals surface area contributed by atoms with Gasteiger partial charge >= 0.3 is 0 Å². The summed E-state index contributed by atoms with van der Waals surface area (Å²) in [6.07, 6.45) is 2.19. The molecule has 1 aromatic rings. The molecular weight excluding hydrogens is 178 g/mol. The molecule has 3 nitrogen and oxygen atoms in total. The third-order valence-electron chi connectivity index (χ3n) is 2.83. The van der Waals surface area contributed by atoms with Crippen molar-refractivity contribution in [2.45, 2.75) is 25.0 Å². The maximum atomic E-state index is 8.60. The zero-order chi connectivity index (χ0) is 10.0. The SMILES string of the molecule is COC1(c2cccc(CNO)c2)CC1. The van der Waals surface area contributed by atoms with E-state index in [0.29, 0.717) is 6.54 Å². The zero-order valence-corrected chi connectivity index (χ0v) is 8.29. The second-order valence-electron chi connectivity index (χ2n) is 3.73. The van der Waals surface area contributed by atoms with Gasteiger partial charge < -0.3 is 9.94 Å². The molecule has 1 aromatic carbocycles. The molecule has 0 spiro atoms. The third kappa shape index (κ3) is 1.66. The van der Waals surface area contributed by atoms with Crippen LogP contribution in [0.4, 0.5) is 0 Å². The van der Waals surface area contributed by atoms with Crippen molar-refractivity contribution < 1.29 is 9.94 Å². The first-order valence-corrected chi connectivity index (χ1v) is 4.82. The second-order valence-corrected chi connectivity index (χ2v) is 3.73. The van der Waals surface area contributed by atoms with E-state index < -0.39 is 0 Å². The Balaban J connectivity index is 2.22. The van der Waals surface area contributed by atoms with Crippen molar-refractivity contribution in [3.05, 3.63) is 35.4 Å². The van der Waals surface area contributed by atoms with Gasteiger partial charge in [0.15, 0.2) is 0 Å². The van der Waals surface area contributed by atoms with E-state index in [1.165, 1.54) is 5.56 Å². The molecule has 0 atom stereocenters. The molecule has 0 aliphatic heterocycles. The highest BCUT2D eigenvalue weighted by Gasteiger charge is 2.44. The van der Waals surface area contributed by atoms with Gasteiger partial charge in [0.05, 0.1) is 5.60 Å². The van der Waals surface area contributed by atoms with Crippen molar-refractivity contribution in [3.8, 4) is 0 Å². The summed E-state index contributed by atoms with van der Waals surface area (Å²) in [6.45, 7) is 0.480. The van der Waals surface area contributed by atoms with Crippen LogP contribution in [-0.4, -0.2) is 12.3 Å². The fourth-order valence-electron chi connectivity index (χ4n) is 1.78. The Morgan fingerprint density at radius 1 is 1.50 bits per heavy atom. The van der Waals surface area contributed by atoms with Crippen LogP contribution in [0.2, 0.25) is 0 Å². The molecule has 2 N–H and O–H groups in total. The fourth-order valence-corrected chi connectivity index (χ4v) is 1.78. The van der Waals surface area contributed by atoms with Gasteiger partial charge in [-0.2, -0.15) is 0 Å². The van der Waals surface area contributed by atoms with Crippen LogP contribution >= 0.6 is 0 Å².